The molecule has 2 aromatic rings. The van der Waals surface area contributed by atoms with Gasteiger partial charge < -0.3 is 16.0 Å². The fourth-order valence-electron chi connectivity index (χ4n) is 1.47. The number of aromatic nitrogens is 1. The van der Waals surface area contributed by atoms with Crippen molar-refractivity contribution in [3.63, 3.8) is 0 Å². The molecule has 1 aromatic heterocycles. The smallest absolute Gasteiger partial charge is 0.268 e. The molecule has 0 saturated carbocycles. The van der Waals surface area contributed by atoms with Crippen molar-refractivity contribution in [1.29, 1.82) is 0 Å². The fraction of sp³-hybridized carbons (Fsp3) is 0.0833. The van der Waals surface area contributed by atoms with E-state index < -0.39 is 11.6 Å². The number of hydrogen-bond acceptors (Lipinski definition) is 2. The molecule has 4 nitrogen and oxygen atoms in total. The van der Waals surface area contributed by atoms with Crippen LogP contribution in [0.2, 0.25) is 0 Å². The molecule has 2 rings (SSSR count). The molecule has 94 valence electrons. The Kier molecular flexibility index (Phi) is 3.27. The van der Waals surface area contributed by atoms with E-state index in [1.807, 2.05) is 0 Å². The Morgan fingerprint density at radius 1 is 1.28 bits per heavy atom. The number of nitrogens with two attached hydrogens (primary N) is 1. The minimum absolute atomic E-state index is 0.106. The van der Waals surface area contributed by atoms with E-state index in [1.54, 1.807) is 0 Å². The minimum Gasteiger partial charge on any atom is -0.397 e. The number of rotatable bonds is 3. The maximum absolute atomic E-state index is 12.9. The van der Waals surface area contributed by atoms with Gasteiger partial charge in [0.1, 0.15) is 5.69 Å². The van der Waals surface area contributed by atoms with Crippen LogP contribution >= 0.6 is 0 Å². The number of nitrogens with one attached hydrogen (secondary N) is 2. The van der Waals surface area contributed by atoms with E-state index in [9.17, 15) is 13.6 Å². The predicted molar refractivity (Wildman–Crippen MR) is 62.7 cm³/mol. The molecular formula is C12H11F2N3O. The highest BCUT2D eigenvalue weighted by Gasteiger charge is 2.08. The Bertz CT molecular complexity index is 580. The van der Waals surface area contributed by atoms with E-state index in [4.69, 9.17) is 5.73 Å². The van der Waals surface area contributed by atoms with E-state index in [-0.39, 0.29) is 12.5 Å². The van der Waals surface area contributed by atoms with Crippen molar-refractivity contribution in [2.24, 2.45) is 0 Å². The topological polar surface area (TPSA) is 70.9 Å². The number of nitrogen functional groups attached to an aromatic ring is 1. The van der Waals surface area contributed by atoms with Crippen LogP contribution in [0, 0.1) is 11.6 Å². The van der Waals surface area contributed by atoms with Crippen molar-refractivity contribution in [3.05, 3.63) is 53.4 Å². The van der Waals surface area contributed by atoms with Crippen LogP contribution in [0.25, 0.3) is 0 Å². The van der Waals surface area contributed by atoms with Gasteiger partial charge in [0.05, 0.1) is 0 Å². The van der Waals surface area contributed by atoms with Crippen LogP contribution in [0.4, 0.5) is 14.5 Å². The van der Waals surface area contributed by atoms with Crippen molar-refractivity contribution in [1.82, 2.24) is 10.3 Å². The lowest BCUT2D eigenvalue weighted by Gasteiger charge is -2.04. The van der Waals surface area contributed by atoms with E-state index >= 15 is 0 Å². The van der Waals surface area contributed by atoms with Crippen molar-refractivity contribution in [3.8, 4) is 0 Å². The third kappa shape index (κ3) is 2.65. The quantitative estimate of drug-likeness (QED) is 0.778. The molecule has 4 N–H and O–H groups in total. The van der Waals surface area contributed by atoms with Gasteiger partial charge >= 0.3 is 0 Å². The molecule has 0 bridgehead atoms. The Hall–Kier alpha value is -2.37. The molecular weight excluding hydrogens is 240 g/mol. The number of aromatic amines is 1. The number of benzene rings is 1. The van der Waals surface area contributed by atoms with Gasteiger partial charge in [-0.25, -0.2) is 8.78 Å². The molecule has 0 saturated heterocycles. The number of H-pyrrole nitrogens is 1. The summed E-state index contributed by atoms with van der Waals surface area (Å²) in [5.74, 6) is -2.22. The summed E-state index contributed by atoms with van der Waals surface area (Å²) in [6.45, 7) is 0.106. The van der Waals surface area contributed by atoms with Crippen LogP contribution in [-0.2, 0) is 6.54 Å². The molecule has 1 aromatic carbocycles. The molecule has 0 fully saturated rings. The number of carbonyl (C=O) groups is 1. The summed E-state index contributed by atoms with van der Waals surface area (Å²) < 4.78 is 25.6. The van der Waals surface area contributed by atoms with Gasteiger partial charge in [-0.1, -0.05) is 6.07 Å². The standard InChI is InChI=1S/C12H11F2N3O/c13-9-2-1-7(3-10(9)14)5-17-12(18)11-4-8(15)6-16-11/h1-4,6,16H,5,15H2,(H,17,18). The van der Waals surface area contributed by atoms with E-state index in [0.29, 0.717) is 16.9 Å². The van der Waals surface area contributed by atoms with E-state index in [0.717, 1.165) is 12.1 Å². The summed E-state index contributed by atoms with van der Waals surface area (Å²) in [5, 5.41) is 2.56. The van der Waals surface area contributed by atoms with Crippen molar-refractivity contribution < 1.29 is 13.6 Å². The number of carbonyl (C=O) groups excluding carboxylic acids is 1. The van der Waals surface area contributed by atoms with Crippen molar-refractivity contribution in [2.45, 2.75) is 6.54 Å². The third-order valence-electron chi connectivity index (χ3n) is 2.39. The Labute approximate surface area is 102 Å². The number of hydrogen-bond donors (Lipinski definition) is 3. The Morgan fingerprint density at radius 3 is 2.67 bits per heavy atom. The Morgan fingerprint density at radius 2 is 2.06 bits per heavy atom. The van der Waals surface area contributed by atoms with Crippen LogP contribution in [0.5, 0.6) is 0 Å². The first-order chi connectivity index (χ1) is 8.56. The van der Waals surface area contributed by atoms with Gasteiger partial charge in [0.25, 0.3) is 5.91 Å². The second kappa shape index (κ2) is 4.87. The lowest BCUT2D eigenvalue weighted by molar-refractivity contribution is 0.0946. The summed E-state index contributed by atoms with van der Waals surface area (Å²) in [7, 11) is 0. The SMILES string of the molecule is Nc1c[nH]c(C(=O)NCc2ccc(F)c(F)c2)c1. The van der Waals surface area contributed by atoms with Gasteiger partial charge in [0.15, 0.2) is 11.6 Å². The molecule has 1 heterocycles. The predicted octanol–water partition coefficient (Wildman–Crippen LogP) is 1.81. The van der Waals surface area contributed by atoms with Gasteiger partial charge in [-0.15, -0.1) is 0 Å². The monoisotopic (exact) mass is 251 g/mol. The maximum Gasteiger partial charge on any atom is 0.268 e. The molecule has 6 heteroatoms. The fourth-order valence-corrected chi connectivity index (χ4v) is 1.47. The molecule has 0 unspecified atom stereocenters. The normalized spacial score (nSPS) is 10.3. The summed E-state index contributed by atoms with van der Waals surface area (Å²) in [5.41, 5.74) is 6.70. The van der Waals surface area contributed by atoms with Gasteiger partial charge in [-0.05, 0) is 23.8 Å². The zero-order chi connectivity index (χ0) is 13.1. The molecule has 0 spiro atoms. The molecule has 1 amide bonds. The molecule has 0 atom stereocenters. The van der Waals surface area contributed by atoms with Crippen LogP contribution in [0.15, 0.2) is 30.5 Å². The van der Waals surface area contributed by atoms with Crippen LogP contribution in [0.1, 0.15) is 16.1 Å². The third-order valence-corrected chi connectivity index (χ3v) is 2.39. The first-order valence-electron chi connectivity index (χ1n) is 5.22. The summed E-state index contributed by atoms with van der Waals surface area (Å²) in [6.07, 6.45) is 1.49. The average Bonchev–Trinajstić information content (AvgIpc) is 2.77. The lowest BCUT2D eigenvalue weighted by atomic mass is 10.2. The largest absolute Gasteiger partial charge is 0.397 e. The van der Waals surface area contributed by atoms with Crippen LogP contribution < -0.4 is 11.1 Å². The van der Waals surface area contributed by atoms with E-state index in [2.05, 4.69) is 10.3 Å². The van der Waals surface area contributed by atoms with Crippen LogP contribution in [0.3, 0.4) is 0 Å². The Balaban J connectivity index is 1.99. The zero-order valence-electron chi connectivity index (χ0n) is 9.34. The van der Waals surface area contributed by atoms with Crippen molar-refractivity contribution in [2.75, 3.05) is 5.73 Å². The first kappa shape index (κ1) is 12.1. The molecule has 0 aliphatic rings. The summed E-state index contributed by atoms with van der Waals surface area (Å²) in [4.78, 5) is 14.3. The maximum atomic E-state index is 12.9. The summed E-state index contributed by atoms with van der Waals surface area (Å²) in [6, 6.07) is 4.95. The lowest BCUT2D eigenvalue weighted by Crippen LogP contribution is -2.23. The highest BCUT2D eigenvalue weighted by Crippen LogP contribution is 2.09. The van der Waals surface area contributed by atoms with Crippen LogP contribution in [-0.4, -0.2) is 10.9 Å². The number of halogens is 2. The second-order valence-corrected chi connectivity index (χ2v) is 3.78. The van der Waals surface area contributed by atoms with Gasteiger partial charge in [-0.2, -0.15) is 0 Å². The second-order valence-electron chi connectivity index (χ2n) is 3.78. The molecule has 0 aliphatic carbocycles. The number of amides is 1. The van der Waals surface area contributed by atoms with Gasteiger partial charge in [-0.3, -0.25) is 4.79 Å². The highest BCUT2D eigenvalue weighted by atomic mass is 19.2. The molecule has 18 heavy (non-hydrogen) atoms. The highest BCUT2D eigenvalue weighted by molar-refractivity contribution is 5.93. The van der Waals surface area contributed by atoms with Gasteiger partial charge in [0.2, 0.25) is 0 Å². The molecule has 0 aliphatic heterocycles. The van der Waals surface area contributed by atoms with Crippen molar-refractivity contribution >= 4 is 11.6 Å². The number of anilines is 1. The average molecular weight is 251 g/mol. The minimum atomic E-state index is -0.939. The van der Waals surface area contributed by atoms with E-state index in [1.165, 1.54) is 18.3 Å². The van der Waals surface area contributed by atoms with Gasteiger partial charge in [0, 0.05) is 18.4 Å². The molecule has 0 radical (unpaired) electrons. The first-order valence-corrected chi connectivity index (χ1v) is 5.22. The zero-order valence-corrected chi connectivity index (χ0v) is 9.34. The summed E-state index contributed by atoms with van der Waals surface area (Å²) >= 11 is 0.